The van der Waals surface area contributed by atoms with Crippen molar-refractivity contribution in [3.05, 3.63) is 52.7 Å². The van der Waals surface area contributed by atoms with Gasteiger partial charge in [0.2, 0.25) is 0 Å². The number of piperidine rings is 1. The summed E-state index contributed by atoms with van der Waals surface area (Å²) < 4.78 is 6.29. The van der Waals surface area contributed by atoms with Crippen LogP contribution in [0.3, 0.4) is 0 Å². The number of likely N-dealkylation sites (tertiary alicyclic amines) is 1. The number of amides is 2. The Balaban J connectivity index is 1.37. The second kappa shape index (κ2) is 7.80. The molecule has 1 saturated heterocycles. The van der Waals surface area contributed by atoms with E-state index >= 15 is 0 Å². The number of aliphatic hydroxyl groups excluding tert-OH is 1. The Labute approximate surface area is 171 Å². The van der Waals surface area contributed by atoms with Gasteiger partial charge in [-0.15, -0.1) is 0 Å². The fourth-order valence-electron chi connectivity index (χ4n) is 4.30. The van der Waals surface area contributed by atoms with Gasteiger partial charge in [-0.25, -0.2) is 4.79 Å². The normalized spacial score (nSPS) is 25.7. The fourth-order valence-corrected chi connectivity index (χ4v) is 4.52. The van der Waals surface area contributed by atoms with Crippen molar-refractivity contribution < 1.29 is 14.6 Å². The van der Waals surface area contributed by atoms with Crippen molar-refractivity contribution in [3.63, 3.8) is 0 Å². The second-order valence-electron chi connectivity index (χ2n) is 8.00. The van der Waals surface area contributed by atoms with E-state index < -0.39 is 11.7 Å². The van der Waals surface area contributed by atoms with Crippen molar-refractivity contribution in [1.82, 2.24) is 10.2 Å². The Morgan fingerprint density at radius 2 is 2.18 bits per heavy atom. The lowest BCUT2D eigenvalue weighted by Crippen LogP contribution is -2.53. The zero-order valence-corrected chi connectivity index (χ0v) is 16.9. The van der Waals surface area contributed by atoms with E-state index in [-0.39, 0.29) is 6.03 Å². The zero-order chi connectivity index (χ0) is 19.7. The summed E-state index contributed by atoms with van der Waals surface area (Å²) >= 11 is 6.29. The number of carbonyl (C=O) groups is 1. The SMILES string of the molecule is CCC1C=CC(NC(=O)N2CCC3(CC2)CC(O)c2cccc(Cl)c2O3)=CC1. The van der Waals surface area contributed by atoms with Crippen LogP contribution in [0, 0.1) is 5.92 Å². The molecular formula is C22H27ClN2O3. The van der Waals surface area contributed by atoms with Crippen molar-refractivity contribution in [2.75, 3.05) is 13.1 Å². The molecule has 1 fully saturated rings. The molecule has 2 atom stereocenters. The van der Waals surface area contributed by atoms with Gasteiger partial charge in [0, 0.05) is 43.6 Å². The molecule has 2 heterocycles. The maximum atomic E-state index is 12.6. The van der Waals surface area contributed by atoms with Gasteiger partial charge in [-0.1, -0.05) is 42.8 Å². The zero-order valence-electron chi connectivity index (χ0n) is 16.2. The lowest BCUT2D eigenvalue weighted by atomic mass is 9.82. The summed E-state index contributed by atoms with van der Waals surface area (Å²) in [5.41, 5.74) is 1.16. The molecule has 1 aliphatic carbocycles. The highest BCUT2D eigenvalue weighted by Crippen LogP contribution is 2.47. The monoisotopic (exact) mass is 402 g/mol. The summed E-state index contributed by atoms with van der Waals surface area (Å²) in [4.78, 5) is 14.5. The lowest BCUT2D eigenvalue weighted by molar-refractivity contribution is -0.0475. The summed E-state index contributed by atoms with van der Waals surface area (Å²) in [6.07, 6.45) is 9.63. The van der Waals surface area contributed by atoms with Gasteiger partial charge in [0.05, 0.1) is 11.1 Å². The molecule has 6 heteroatoms. The molecule has 2 aliphatic heterocycles. The predicted octanol–water partition coefficient (Wildman–Crippen LogP) is 4.57. The molecule has 2 unspecified atom stereocenters. The molecule has 1 spiro atoms. The first kappa shape index (κ1) is 19.3. The number of aliphatic hydroxyl groups is 1. The number of allylic oxidation sites excluding steroid dienone is 3. The molecule has 3 aliphatic rings. The summed E-state index contributed by atoms with van der Waals surface area (Å²) in [5, 5.41) is 14.1. The maximum Gasteiger partial charge on any atom is 0.321 e. The maximum absolute atomic E-state index is 12.6. The number of nitrogens with zero attached hydrogens (tertiary/aromatic N) is 1. The highest BCUT2D eigenvalue weighted by Gasteiger charge is 2.44. The Hall–Kier alpha value is -1.98. The average Bonchev–Trinajstić information content (AvgIpc) is 2.70. The van der Waals surface area contributed by atoms with E-state index in [9.17, 15) is 9.90 Å². The molecule has 2 amide bonds. The second-order valence-corrected chi connectivity index (χ2v) is 8.41. The number of halogens is 1. The minimum absolute atomic E-state index is 0.0736. The number of hydrogen-bond acceptors (Lipinski definition) is 3. The van der Waals surface area contributed by atoms with E-state index in [0.717, 1.165) is 24.1 Å². The standard InChI is InChI=1S/C22H27ClN2O3/c1-2-15-6-8-16(9-7-15)24-21(27)25-12-10-22(11-13-25)14-19(26)17-4-3-5-18(23)20(17)28-22/h3-6,8-9,15,19,26H,2,7,10-14H2,1H3,(H,24,27). The molecule has 28 heavy (non-hydrogen) atoms. The van der Waals surface area contributed by atoms with Crippen LogP contribution in [0.2, 0.25) is 5.02 Å². The molecule has 0 aromatic heterocycles. The highest BCUT2D eigenvalue weighted by atomic mass is 35.5. The Morgan fingerprint density at radius 3 is 2.86 bits per heavy atom. The van der Waals surface area contributed by atoms with Crippen molar-refractivity contribution in [3.8, 4) is 5.75 Å². The first-order valence-corrected chi connectivity index (χ1v) is 10.5. The summed E-state index contributed by atoms with van der Waals surface area (Å²) in [6.45, 7) is 3.35. The summed E-state index contributed by atoms with van der Waals surface area (Å²) in [5.74, 6) is 1.16. The van der Waals surface area contributed by atoms with Gasteiger partial charge in [-0.2, -0.15) is 0 Å². The van der Waals surface area contributed by atoms with Gasteiger partial charge in [-0.3, -0.25) is 0 Å². The van der Waals surface area contributed by atoms with Crippen molar-refractivity contribution in [2.45, 2.75) is 50.7 Å². The molecule has 0 saturated carbocycles. The van der Waals surface area contributed by atoms with Crippen LogP contribution in [0.25, 0.3) is 0 Å². The molecule has 1 aromatic rings. The van der Waals surface area contributed by atoms with Crippen LogP contribution >= 0.6 is 11.6 Å². The third kappa shape index (κ3) is 3.78. The molecule has 1 aromatic carbocycles. The third-order valence-electron chi connectivity index (χ3n) is 6.17. The van der Waals surface area contributed by atoms with Gasteiger partial charge < -0.3 is 20.1 Å². The molecule has 150 valence electrons. The number of fused-ring (bicyclic) bond motifs is 1. The number of nitrogens with one attached hydrogen (secondary N) is 1. The molecule has 0 bridgehead atoms. The number of ether oxygens (including phenoxy) is 1. The smallest absolute Gasteiger partial charge is 0.321 e. The van der Waals surface area contributed by atoms with Crippen LogP contribution < -0.4 is 10.1 Å². The number of carbonyl (C=O) groups excluding carboxylic acids is 1. The summed E-state index contributed by atoms with van der Waals surface area (Å²) in [6, 6.07) is 5.39. The van der Waals surface area contributed by atoms with Crippen LogP contribution in [0.15, 0.2) is 42.1 Å². The average molecular weight is 403 g/mol. The Kier molecular flexibility index (Phi) is 5.39. The minimum Gasteiger partial charge on any atom is -0.485 e. The van der Waals surface area contributed by atoms with E-state index in [0.29, 0.717) is 49.0 Å². The first-order valence-electron chi connectivity index (χ1n) is 10.1. The number of para-hydroxylation sites is 1. The number of urea groups is 1. The quantitative estimate of drug-likeness (QED) is 0.761. The van der Waals surface area contributed by atoms with Gasteiger partial charge in [0.15, 0.2) is 0 Å². The van der Waals surface area contributed by atoms with Crippen molar-refractivity contribution in [2.24, 2.45) is 5.92 Å². The molecule has 4 rings (SSSR count). The van der Waals surface area contributed by atoms with Gasteiger partial charge >= 0.3 is 6.03 Å². The third-order valence-corrected chi connectivity index (χ3v) is 6.46. The molecule has 2 N–H and O–H groups in total. The highest BCUT2D eigenvalue weighted by molar-refractivity contribution is 6.32. The molecule has 0 radical (unpaired) electrons. The topological polar surface area (TPSA) is 61.8 Å². The van der Waals surface area contributed by atoms with E-state index in [1.54, 1.807) is 6.07 Å². The van der Waals surface area contributed by atoms with E-state index in [1.807, 2.05) is 23.1 Å². The van der Waals surface area contributed by atoms with Crippen LogP contribution in [-0.2, 0) is 0 Å². The van der Waals surface area contributed by atoms with Crippen molar-refractivity contribution in [1.29, 1.82) is 0 Å². The summed E-state index contributed by atoms with van der Waals surface area (Å²) in [7, 11) is 0. The largest absolute Gasteiger partial charge is 0.485 e. The van der Waals surface area contributed by atoms with Crippen LogP contribution in [0.4, 0.5) is 4.79 Å². The van der Waals surface area contributed by atoms with Gasteiger partial charge in [0.1, 0.15) is 11.4 Å². The van der Waals surface area contributed by atoms with Gasteiger partial charge in [0.25, 0.3) is 0 Å². The van der Waals surface area contributed by atoms with E-state index in [4.69, 9.17) is 16.3 Å². The Morgan fingerprint density at radius 1 is 1.39 bits per heavy atom. The van der Waals surface area contributed by atoms with Crippen molar-refractivity contribution >= 4 is 17.6 Å². The number of rotatable bonds is 2. The molecule has 5 nitrogen and oxygen atoms in total. The van der Waals surface area contributed by atoms with E-state index in [2.05, 4.69) is 24.4 Å². The first-order chi connectivity index (χ1) is 13.5. The number of benzene rings is 1. The Bertz CT molecular complexity index is 812. The lowest BCUT2D eigenvalue weighted by Gasteiger charge is -2.46. The van der Waals surface area contributed by atoms with Crippen LogP contribution in [0.1, 0.15) is 50.7 Å². The molecular weight excluding hydrogens is 376 g/mol. The predicted molar refractivity (Wildman–Crippen MR) is 109 cm³/mol. The fraction of sp³-hybridized carbons (Fsp3) is 0.500. The van der Waals surface area contributed by atoms with Gasteiger partial charge in [-0.05, 0) is 30.9 Å². The number of hydrogen-bond donors (Lipinski definition) is 2. The minimum atomic E-state index is -0.591. The van der Waals surface area contributed by atoms with E-state index in [1.165, 1.54) is 0 Å². The van der Waals surface area contributed by atoms with Crippen LogP contribution in [-0.4, -0.2) is 34.7 Å². The van der Waals surface area contributed by atoms with Crippen LogP contribution in [0.5, 0.6) is 5.75 Å².